The first-order valence-corrected chi connectivity index (χ1v) is 12.7. The van der Waals surface area contributed by atoms with Crippen LogP contribution in [0.4, 0.5) is 5.69 Å². The van der Waals surface area contributed by atoms with Gasteiger partial charge in [-0.05, 0) is 49.2 Å². The summed E-state index contributed by atoms with van der Waals surface area (Å²) in [6, 6.07) is 13.0. The summed E-state index contributed by atoms with van der Waals surface area (Å²) in [7, 11) is -2.29. The van der Waals surface area contributed by atoms with Gasteiger partial charge in [0.15, 0.2) is 6.61 Å². The van der Waals surface area contributed by atoms with E-state index in [9.17, 15) is 18.0 Å². The summed E-state index contributed by atoms with van der Waals surface area (Å²) >= 11 is 0. The zero-order valence-corrected chi connectivity index (χ0v) is 19.8. The molecule has 1 atom stereocenters. The van der Waals surface area contributed by atoms with Crippen LogP contribution >= 0.6 is 0 Å². The molecule has 2 aromatic carbocycles. The fourth-order valence-corrected chi connectivity index (χ4v) is 5.60. The number of hydrogen-bond donors (Lipinski definition) is 0. The Hall–Kier alpha value is -3.11. The normalized spacial score (nSPS) is 18.9. The lowest BCUT2D eigenvalue weighted by Crippen LogP contribution is -2.48. The van der Waals surface area contributed by atoms with Crippen LogP contribution in [0.3, 0.4) is 0 Å². The molecular weight excluding hydrogens is 460 g/mol. The van der Waals surface area contributed by atoms with Gasteiger partial charge < -0.3 is 19.1 Å². The highest BCUT2D eigenvalue weighted by atomic mass is 32.2. The second-order valence-electron chi connectivity index (χ2n) is 8.18. The summed E-state index contributed by atoms with van der Waals surface area (Å²) < 4.78 is 43.4. The van der Waals surface area contributed by atoms with E-state index < -0.39 is 22.1 Å². The molecule has 1 saturated heterocycles. The van der Waals surface area contributed by atoms with E-state index in [4.69, 9.17) is 14.2 Å². The van der Waals surface area contributed by atoms with Gasteiger partial charge in [0.25, 0.3) is 5.91 Å². The Morgan fingerprint density at radius 3 is 2.35 bits per heavy atom. The number of ether oxygens (including phenoxy) is 3. The lowest BCUT2D eigenvalue weighted by Gasteiger charge is -2.33. The number of anilines is 1. The molecule has 2 aliphatic rings. The molecule has 0 saturated carbocycles. The Morgan fingerprint density at radius 1 is 1.00 bits per heavy atom. The number of esters is 1. The van der Waals surface area contributed by atoms with Crippen LogP contribution < -0.4 is 14.4 Å². The number of para-hydroxylation sites is 2. The number of methoxy groups -OCH3 is 1. The second kappa shape index (κ2) is 10.4. The van der Waals surface area contributed by atoms with Crippen LogP contribution in [0.15, 0.2) is 53.4 Å². The lowest BCUT2D eigenvalue weighted by molar-refractivity contribution is -0.148. The van der Waals surface area contributed by atoms with Gasteiger partial charge in [-0.1, -0.05) is 25.0 Å². The topological polar surface area (TPSA) is 102 Å². The van der Waals surface area contributed by atoms with E-state index in [2.05, 4.69) is 0 Å². The minimum atomic E-state index is -3.56. The number of nitrogens with zero attached hydrogens (tertiary/aromatic N) is 2. The molecule has 4 rings (SSSR count). The van der Waals surface area contributed by atoms with Crippen LogP contribution in [0.2, 0.25) is 0 Å². The van der Waals surface area contributed by atoms with Gasteiger partial charge in [-0.25, -0.2) is 13.2 Å². The van der Waals surface area contributed by atoms with Gasteiger partial charge in [-0.2, -0.15) is 4.31 Å². The summed E-state index contributed by atoms with van der Waals surface area (Å²) in [6.07, 6.45) is 2.88. The number of carbonyl (C=O) groups excluding carboxylic acids is 2. The molecule has 0 aromatic heterocycles. The fraction of sp³-hybridized carbons (Fsp3) is 0.417. The van der Waals surface area contributed by atoms with Crippen LogP contribution in [0, 0.1) is 0 Å². The highest BCUT2D eigenvalue weighted by molar-refractivity contribution is 7.89. The van der Waals surface area contributed by atoms with Gasteiger partial charge in [0.1, 0.15) is 11.5 Å². The van der Waals surface area contributed by atoms with Gasteiger partial charge in [0, 0.05) is 13.1 Å². The van der Waals surface area contributed by atoms with Crippen molar-refractivity contribution >= 4 is 27.6 Å². The monoisotopic (exact) mass is 488 g/mol. The third-order valence-corrected chi connectivity index (χ3v) is 7.84. The van der Waals surface area contributed by atoms with E-state index in [1.165, 1.54) is 28.4 Å². The van der Waals surface area contributed by atoms with Crippen molar-refractivity contribution in [3.8, 4) is 11.5 Å². The number of fused-ring (bicyclic) bond motifs is 1. The number of amides is 1. The van der Waals surface area contributed by atoms with Gasteiger partial charge in [-0.3, -0.25) is 4.79 Å². The van der Waals surface area contributed by atoms with Crippen molar-refractivity contribution in [1.29, 1.82) is 0 Å². The van der Waals surface area contributed by atoms with Crippen molar-refractivity contribution in [3.05, 3.63) is 48.5 Å². The average Bonchev–Trinajstić information content (AvgIpc) is 3.16. The molecule has 34 heavy (non-hydrogen) atoms. The van der Waals surface area contributed by atoms with Gasteiger partial charge in [0.2, 0.25) is 16.1 Å². The highest BCUT2D eigenvalue weighted by Gasteiger charge is 2.34. The standard InChI is InChI=1S/C24H28N2O7S/c1-31-24(28)22-16-26(20-8-4-5-9-21(20)33-22)23(27)17-32-18-10-12-19(13-11-18)34(29,30)25-14-6-2-3-7-15-25/h4-5,8-13,22H,2-3,6-7,14-17H2,1H3/t22-/m0/s1. The molecule has 10 heteroatoms. The maximum atomic E-state index is 12.9. The average molecular weight is 489 g/mol. The zero-order chi connectivity index (χ0) is 24.1. The molecule has 1 fully saturated rings. The molecule has 0 spiro atoms. The van der Waals surface area contributed by atoms with E-state index in [1.54, 1.807) is 36.4 Å². The molecule has 9 nitrogen and oxygen atoms in total. The Labute approximate surface area is 199 Å². The molecule has 2 heterocycles. The highest BCUT2D eigenvalue weighted by Crippen LogP contribution is 2.33. The minimum Gasteiger partial charge on any atom is -0.484 e. The minimum absolute atomic E-state index is 0.00110. The number of sulfonamides is 1. The molecule has 182 valence electrons. The van der Waals surface area contributed by atoms with Gasteiger partial charge >= 0.3 is 5.97 Å². The third kappa shape index (κ3) is 5.18. The van der Waals surface area contributed by atoms with E-state index in [0.717, 1.165) is 25.7 Å². The SMILES string of the molecule is COC(=O)[C@@H]1CN(C(=O)COc2ccc(S(=O)(=O)N3CCCCCC3)cc2)c2ccccc2O1. The zero-order valence-electron chi connectivity index (χ0n) is 19.0. The smallest absolute Gasteiger partial charge is 0.348 e. The van der Waals surface area contributed by atoms with Crippen molar-refractivity contribution < 1.29 is 32.2 Å². The van der Waals surface area contributed by atoms with Crippen molar-refractivity contribution in [2.24, 2.45) is 0 Å². The van der Waals surface area contributed by atoms with Crippen LogP contribution in [0.5, 0.6) is 11.5 Å². The molecule has 0 bridgehead atoms. The molecule has 1 amide bonds. The second-order valence-corrected chi connectivity index (χ2v) is 10.1. The maximum absolute atomic E-state index is 12.9. The van der Waals surface area contributed by atoms with Crippen molar-refractivity contribution in [1.82, 2.24) is 4.31 Å². The van der Waals surface area contributed by atoms with Crippen molar-refractivity contribution in [2.45, 2.75) is 36.7 Å². The number of rotatable bonds is 6. The summed E-state index contributed by atoms with van der Waals surface area (Å²) in [4.78, 5) is 26.6. The summed E-state index contributed by atoms with van der Waals surface area (Å²) in [5.74, 6) is -0.171. The van der Waals surface area contributed by atoms with Crippen LogP contribution in [0.25, 0.3) is 0 Å². The largest absolute Gasteiger partial charge is 0.484 e. The molecule has 0 N–H and O–H groups in total. The Kier molecular flexibility index (Phi) is 7.38. The molecule has 2 aliphatic heterocycles. The quantitative estimate of drug-likeness (QED) is 0.576. The van der Waals surface area contributed by atoms with Gasteiger partial charge in [-0.15, -0.1) is 0 Å². The predicted octanol–water partition coefficient (Wildman–Crippen LogP) is 2.60. The number of carbonyl (C=O) groups is 2. The molecule has 0 radical (unpaired) electrons. The van der Waals surface area contributed by atoms with Crippen LogP contribution in [-0.4, -0.2) is 64.1 Å². The molecule has 0 unspecified atom stereocenters. The van der Waals surface area contributed by atoms with Crippen LogP contribution in [0.1, 0.15) is 25.7 Å². The van der Waals surface area contributed by atoms with Crippen LogP contribution in [-0.2, 0) is 24.3 Å². The first kappa shape index (κ1) is 24.0. The first-order chi connectivity index (χ1) is 16.4. The molecule has 0 aliphatic carbocycles. The number of hydrogen-bond acceptors (Lipinski definition) is 7. The van der Waals surface area contributed by atoms with Crippen molar-refractivity contribution in [3.63, 3.8) is 0 Å². The third-order valence-electron chi connectivity index (χ3n) is 5.93. The van der Waals surface area contributed by atoms with Crippen molar-refractivity contribution in [2.75, 3.05) is 38.3 Å². The Balaban J connectivity index is 1.42. The van der Waals surface area contributed by atoms with Gasteiger partial charge in [0.05, 0.1) is 24.2 Å². The summed E-state index contributed by atoms with van der Waals surface area (Å²) in [5, 5.41) is 0. The summed E-state index contributed by atoms with van der Waals surface area (Å²) in [6.45, 7) is 0.769. The lowest BCUT2D eigenvalue weighted by atomic mass is 10.2. The Morgan fingerprint density at radius 2 is 1.68 bits per heavy atom. The fourth-order valence-electron chi connectivity index (χ4n) is 4.09. The van der Waals surface area contributed by atoms with E-state index in [1.807, 2.05) is 0 Å². The number of benzene rings is 2. The Bertz CT molecular complexity index is 1130. The summed E-state index contributed by atoms with van der Waals surface area (Å²) in [5.41, 5.74) is 0.537. The first-order valence-electron chi connectivity index (χ1n) is 11.3. The van der Waals surface area contributed by atoms with E-state index in [-0.39, 0.29) is 24.0 Å². The molecule has 2 aromatic rings. The predicted molar refractivity (Wildman–Crippen MR) is 124 cm³/mol. The maximum Gasteiger partial charge on any atom is 0.348 e. The molecular formula is C24H28N2O7S. The van der Waals surface area contributed by atoms with E-state index in [0.29, 0.717) is 30.3 Å². The van der Waals surface area contributed by atoms with E-state index >= 15 is 0 Å².